The van der Waals surface area contributed by atoms with Crippen molar-refractivity contribution in [2.75, 3.05) is 5.32 Å². The molecule has 0 unspecified atom stereocenters. The van der Waals surface area contributed by atoms with Crippen LogP contribution in [0.3, 0.4) is 0 Å². The number of anilines is 1. The molecule has 0 aliphatic rings. The molecular formula is C21H16ClN3O8S2-2. The molecule has 184 valence electrons. The number of amides is 1. The van der Waals surface area contributed by atoms with Crippen LogP contribution in [0.5, 0.6) is 0 Å². The van der Waals surface area contributed by atoms with Crippen molar-refractivity contribution in [1.29, 1.82) is 0 Å². The Bertz CT molecular complexity index is 1630. The van der Waals surface area contributed by atoms with Crippen LogP contribution in [-0.4, -0.2) is 37.0 Å². The van der Waals surface area contributed by atoms with Gasteiger partial charge in [-0.3, -0.25) is 4.79 Å². The van der Waals surface area contributed by atoms with Crippen molar-refractivity contribution >= 4 is 59.9 Å². The molecule has 11 nitrogen and oxygen atoms in total. The summed E-state index contributed by atoms with van der Waals surface area (Å²) in [7, 11) is -9.76. The summed E-state index contributed by atoms with van der Waals surface area (Å²) in [6.45, 7) is 2.59. The minimum atomic E-state index is -4.97. The van der Waals surface area contributed by atoms with Gasteiger partial charge in [0.25, 0.3) is 5.91 Å². The summed E-state index contributed by atoms with van der Waals surface area (Å²) in [4.78, 5) is 11.6. The molecule has 0 radical (unpaired) electrons. The lowest BCUT2D eigenvalue weighted by molar-refractivity contribution is -0.113. The standard InChI is InChI=1S/C21H18ClN3O8S2/c1-11-9-19(35(31,32)33)17(10-15(11)22)24-25-20(12(2)26)21(27)23-16-7-8-18(34(28,29)30)14-6-4-3-5-13(14)16/h3-10,26H,1-2H3,(H,23,27)(H,28,29,30)(H,31,32,33)/p-2. The molecule has 0 fully saturated rings. The third kappa shape index (κ3) is 5.83. The van der Waals surface area contributed by atoms with Gasteiger partial charge in [-0.25, -0.2) is 16.8 Å². The quantitative estimate of drug-likeness (QED) is 0.203. The monoisotopic (exact) mass is 537 g/mol. The minimum absolute atomic E-state index is 0.0627. The maximum atomic E-state index is 12.8. The van der Waals surface area contributed by atoms with E-state index in [1.54, 1.807) is 6.07 Å². The number of aryl methyl sites for hydroxylation is 1. The van der Waals surface area contributed by atoms with Crippen molar-refractivity contribution in [3.05, 3.63) is 70.6 Å². The number of allylic oxidation sites excluding steroid dienone is 1. The summed E-state index contributed by atoms with van der Waals surface area (Å²) in [6, 6.07) is 10.2. The highest BCUT2D eigenvalue weighted by atomic mass is 35.5. The molecule has 0 aliphatic carbocycles. The highest BCUT2D eigenvalue weighted by molar-refractivity contribution is 7.86. The highest BCUT2D eigenvalue weighted by Crippen LogP contribution is 2.32. The highest BCUT2D eigenvalue weighted by Gasteiger charge is 2.18. The smallest absolute Gasteiger partial charge is 0.279 e. The molecule has 3 rings (SSSR count). The van der Waals surface area contributed by atoms with Crippen LogP contribution in [0, 0.1) is 6.92 Å². The van der Waals surface area contributed by atoms with Crippen molar-refractivity contribution in [3.63, 3.8) is 0 Å². The van der Waals surface area contributed by atoms with Crippen molar-refractivity contribution in [1.82, 2.24) is 0 Å². The van der Waals surface area contributed by atoms with Crippen LogP contribution >= 0.6 is 11.6 Å². The van der Waals surface area contributed by atoms with Crippen LogP contribution in [0.25, 0.3) is 10.8 Å². The number of carbonyl (C=O) groups is 1. The second-order valence-corrected chi connectivity index (χ2v) is 10.3. The van der Waals surface area contributed by atoms with Gasteiger partial charge in [0.2, 0.25) is 0 Å². The number of rotatable bonds is 6. The summed E-state index contributed by atoms with van der Waals surface area (Å²) in [6.07, 6.45) is 0. The molecule has 0 saturated heterocycles. The zero-order valence-corrected chi connectivity index (χ0v) is 20.4. The first-order chi connectivity index (χ1) is 16.2. The van der Waals surface area contributed by atoms with E-state index in [2.05, 4.69) is 15.5 Å². The molecule has 0 saturated carbocycles. The van der Waals surface area contributed by atoms with Gasteiger partial charge in [0, 0.05) is 21.5 Å². The van der Waals surface area contributed by atoms with E-state index in [1.165, 1.54) is 31.2 Å². The fourth-order valence-corrected chi connectivity index (χ4v) is 4.61. The Hall–Kier alpha value is -3.36. The van der Waals surface area contributed by atoms with Crippen molar-refractivity contribution in [2.24, 2.45) is 10.2 Å². The normalized spacial score (nSPS) is 13.2. The number of hydrogen-bond donors (Lipinski definition) is 2. The molecule has 1 amide bonds. The first-order valence-electron chi connectivity index (χ1n) is 9.56. The largest absolute Gasteiger partial charge is 0.744 e. The van der Waals surface area contributed by atoms with Crippen LogP contribution in [0.15, 0.2) is 80.0 Å². The molecule has 0 spiro atoms. The summed E-state index contributed by atoms with van der Waals surface area (Å²) in [5.41, 5.74) is -0.700. The first kappa shape index (κ1) is 26.2. The molecule has 0 bridgehead atoms. The topological polar surface area (TPSA) is 188 Å². The lowest BCUT2D eigenvalue weighted by atomic mass is 10.1. The molecule has 0 atom stereocenters. The molecule has 2 N–H and O–H groups in total. The summed E-state index contributed by atoms with van der Waals surface area (Å²) in [5, 5.41) is 20.0. The van der Waals surface area contributed by atoms with Gasteiger partial charge >= 0.3 is 0 Å². The van der Waals surface area contributed by atoms with E-state index in [-0.39, 0.29) is 21.5 Å². The number of benzene rings is 3. The number of aliphatic hydroxyl groups is 1. The molecular weight excluding hydrogens is 522 g/mol. The molecule has 0 aromatic heterocycles. The van der Waals surface area contributed by atoms with Crippen LogP contribution in [0.4, 0.5) is 11.4 Å². The average Bonchev–Trinajstić information content (AvgIpc) is 2.74. The third-order valence-corrected chi connectivity index (χ3v) is 6.89. The van der Waals surface area contributed by atoms with E-state index in [0.29, 0.717) is 5.56 Å². The Kier molecular flexibility index (Phi) is 7.29. The zero-order chi connectivity index (χ0) is 26.1. The molecule has 0 heterocycles. The third-order valence-electron chi connectivity index (χ3n) is 4.73. The van der Waals surface area contributed by atoms with Gasteiger partial charge in [-0.2, -0.15) is 0 Å². The second kappa shape index (κ2) is 9.71. The maximum absolute atomic E-state index is 12.8. The number of aliphatic hydroxyl groups excluding tert-OH is 1. The Morgan fingerprint density at radius 3 is 2.14 bits per heavy atom. The number of hydrogen-bond acceptors (Lipinski definition) is 10. The molecule has 35 heavy (non-hydrogen) atoms. The van der Waals surface area contributed by atoms with Gasteiger partial charge in [0.1, 0.15) is 31.7 Å². The second-order valence-electron chi connectivity index (χ2n) is 7.22. The van der Waals surface area contributed by atoms with E-state index < -0.39 is 53.1 Å². The van der Waals surface area contributed by atoms with E-state index in [1.807, 2.05) is 0 Å². The predicted octanol–water partition coefficient (Wildman–Crippen LogP) is 4.12. The maximum Gasteiger partial charge on any atom is 0.279 e. The SMILES string of the molecule is CC(O)=C(N=Nc1cc(Cl)c(C)cc1S(=O)(=O)[O-])C(=O)Nc1ccc(S(=O)(=O)[O-])c2ccccc12. The lowest BCUT2D eigenvalue weighted by Gasteiger charge is -2.14. The van der Waals surface area contributed by atoms with Crippen LogP contribution in [0.1, 0.15) is 12.5 Å². The Balaban J connectivity index is 2.03. The number of nitrogens with one attached hydrogen (secondary N) is 1. The van der Waals surface area contributed by atoms with E-state index in [0.717, 1.165) is 25.1 Å². The molecule has 3 aromatic carbocycles. The van der Waals surface area contributed by atoms with E-state index >= 15 is 0 Å². The predicted molar refractivity (Wildman–Crippen MR) is 125 cm³/mol. The number of fused-ring (bicyclic) bond motifs is 1. The van der Waals surface area contributed by atoms with Gasteiger partial charge in [-0.1, -0.05) is 35.9 Å². The van der Waals surface area contributed by atoms with Crippen molar-refractivity contribution in [2.45, 2.75) is 23.6 Å². The fraction of sp³-hybridized carbons (Fsp3) is 0.0952. The number of halogens is 1. The van der Waals surface area contributed by atoms with Gasteiger partial charge in [0.15, 0.2) is 5.70 Å². The summed E-state index contributed by atoms with van der Waals surface area (Å²) < 4.78 is 69.4. The number of azo groups is 1. The Morgan fingerprint density at radius 1 is 0.971 bits per heavy atom. The minimum Gasteiger partial charge on any atom is -0.744 e. The van der Waals surface area contributed by atoms with Crippen molar-refractivity contribution in [3.8, 4) is 0 Å². The van der Waals surface area contributed by atoms with Crippen LogP contribution in [-0.2, 0) is 25.0 Å². The summed E-state index contributed by atoms with van der Waals surface area (Å²) in [5.74, 6) is -1.60. The van der Waals surface area contributed by atoms with Gasteiger partial charge in [0.05, 0.1) is 9.79 Å². The van der Waals surface area contributed by atoms with E-state index in [9.17, 15) is 35.8 Å². The molecule has 14 heteroatoms. The molecule has 0 aliphatic heterocycles. The van der Waals surface area contributed by atoms with Gasteiger partial charge in [-0.05, 0) is 43.7 Å². The van der Waals surface area contributed by atoms with Crippen LogP contribution in [0.2, 0.25) is 5.02 Å². The van der Waals surface area contributed by atoms with Gasteiger partial charge in [-0.15, -0.1) is 10.2 Å². The number of carbonyl (C=O) groups excluding carboxylic acids is 1. The first-order valence-corrected chi connectivity index (χ1v) is 12.8. The Morgan fingerprint density at radius 2 is 1.57 bits per heavy atom. The van der Waals surface area contributed by atoms with E-state index in [4.69, 9.17) is 11.6 Å². The van der Waals surface area contributed by atoms with Crippen molar-refractivity contribution < 1.29 is 35.8 Å². The fourth-order valence-electron chi connectivity index (χ4n) is 3.09. The molecule has 3 aromatic rings. The lowest BCUT2D eigenvalue weighted by Crippen LogP contribution is -2.15. The average molecular weight is 538 g/mol. The van der Waals surface area contributed by atoms with Gasteiger partial charge < -0.3 is 19.5 Å². The Labute approximate surface area is 205 Å². The zero-order valence-electron chi connectivity index (χ0n) is 18.0. The van der Waals surface area contributed by atoms with Crippen LogP contribution < -0.4 is 5.32 Å². The number of nitrogens with zero attached hydrogens (tertiary/aromatic N) is 2. The summed E-state index contributed by atoms with van der Waals surface area (Å²) >= 11 is 5.98.